The van der Waals surface area contributed by atoms with Crippen LogP contribution in [0.1, 0.15) is 0 Å². The van der Waals surface area contributed by atoms with Gasteiger partial charge in [0, 0.05) is 11.1 Å². The van der Waals surface area contributed by atoms with E-state index >= 15 is 0 Å². The number of benzene rings is 2. The molecular formula is C21H18N2O2S. The number of methoxy groups -OCH3 is 2. The summed E-state index contributed by atoms with van der Waals surface area (Å²) in [7, 11) is 3.33. The molecular weight excluding hydrogens is 344 g/mol. The quantitative estimate of drug-likeness (QED) is 0.491. The van der Waals surface area contributed by atoms with Crippen molar-refractivity contribution < 1.29 is 9.47 Å². The van der Waals surface area contributed by atoms with Crippen LogP contribution in [0.3, 0.4) is 0 Å². The van der Waals surface area contributed by atoms with Crippen molar-refractivity contribution in [1.82, 2.24) is 9.38 Å². The van der Waals surface area contributed by atoms with E-state index in [0.29, 0.717) is 0 Å². The first-order valence-corrected chi connectivity index (χ1v) is 9.05. The molecule has 4 aromatic rings. The van der Waals surface area contributed by atoms with Crippen molar-refractivity contribution in [2.24, 2.45) is 0 Å². The summed E-state index contributed by atoms with van der Waals surface area (Å²) in [6.07, 6.45) is 2.03. The largest absolute Gasteiger partial charge is 0.496 e. The summed E-state index contributed by atoms with van der Waals surface area (Å²) in [5, 5.41) is 1.02. The monoisotopic (exact) mass is 362 g/mol. The molecule has 0 amide bonds. The minimum atomic E-state index is 0.739. The molecule has 130 valence electrons. The van der Waals surface area contributed by atoms with Crippen LogP contribution in [-0.2, 0) is 0 Å². The molecule has 0 fully saturated rings. The second kappa shape index (κ2) is 7.14. The summed E-state index contributed by atoms with van der Waals surface area (Å²) in [6.45, 7) is 0. The number of imidazole rings is 1. The average Bonchev–Trinajstić information content (AvgIpc) is 3.06. The summed E-state index contributed by atoms with van der Waals surface area (Å²) in [5.41, 5.74) is 2.59. The number of aromatic nitrogens is 2. The fraction of sp³-hybridized carbons (Fsp3) is 0.0952. The van der Waals surface area contributed by atoms with Crippen molar-refractivity contribution in [1.29, 1.82) is 0 Å². The zero-order valence-electron chi connectivity index (χ0n) is 14.5. The number of fused-ring (bicyclic) bond motifs is 1. The number of ether oxygens (including phenoxy) is 2. The van der Waals surface area contributed by atoms with Crippen molar-refractivity contribution in [3.05, 3.63) is 72.9 Å². The zero-order valence-corrected chi connectivity index (χ0v) is 15.4. The molecule has 0 aliphatic heterocycles. The van der Waals surface area contributed by atoms with Gasteiger partial charge in [0.15, 0.2) is 0 Å². The van der Waals surface area contributed by atoms with E-state index in [1.165, 1.54) is 0 Å². The summed E-state index contributed by atoms with van der Waals surface area (Å²) in [4.78, 5) is 6.02. The maximum atomic E-state index is 5.60. The van der Waals surface area contributed by atoms with E-state index in [9.17, 15) is 0 Å². The molecule has 0 aliphatic carbocycles. The van der Waals surface area contributed by atoms with E-state index in [0.717, 1.165) is 38.3 Å². The second-order valence-electron chi connectivity index (χ2n) is 5.65. The summed E-state index contributed by atoms with van der Waals surface area (Å²) >= 11 is 1.67. The van der Waals surface area contributed by atoms with Gasteiger partial charge in [-0.25, -0.2) is 4.98 Å². The molecule has 0 spiro atoms. The highest BCUT2D eigenvalue weighted by molar-refractivity contribution is 7.99. The Morgan fingerprint density at radius 3 is 2.19 bits per heavy atom. The van der Waals surface area contributed by atoms with E-state index < -0.39 is 0 Å². The summed E-state index contributed by atoms with van der Waals surface area (Å²) in [5.74, 6) is 1.48. The SMILES string of the molecule is COc1cccc(OC)c1-c1nc2ccccn2c1Sc1ccccc1. The van der Waals surface area contributed by atoms with E-state index in [1.807, 2.05) is 60.8 Å². The van der Waals surface area contributed by atoms with Gasteiger partial charge in [-0.1, -0.05) is 42.1 Å². The van der Waals surface area contributed by atoms with Gasteiger partial charge in [-0.2, -0.15) is 0 Å². The van der Waals surface area contributed by atoms with Crippen LogP contribution in [0.15, 0.2) is 82.8 Å². The Morgan fingerprint density at radius 1 is 0.808 bits per heavy atom. The Labute approximate surface area is 156 Å². The highest BCUT2D eigenvalue weighted by atomic mass is 32.2. The molecule has 4 nitrogen and oxygen atoms in total. The van der Waals surface area contributed by atoms with Crippen LogP contribution >= 0.6 is 11.8 Å². The fourth-order valence-corrected chi connectivity index (χ4v) is 3.93. The Morgan fingerprint density at radius 2 is 1.50 bits per heavy atom. The Hall–Kier alpha value is -2.92. The number of rotatable bonds is 5. The lowest BCUT2D eigenvalue weighted by atomic mass is 10.1. The maximum absolute atomic E-state index is 5.60. The standard InChI is InChI=1S/C21H18N2O2S/c1-24-16-11-8-12-17(25-2)19(16)20-21(26-15-9-4-3-5-10-15)23-14-7-6-13-18(23)22-20/h3-14H,1-2H3. The smallest absolute Gasteiger partial charge is 0.138 e. The molecule has 0 bridgehead atoms. The van der Waals surface area contributed by atoms with E-state index in [-0.39, 0.29) is 0 Å². The van der Waals surface area contributed by atoms with Gasteiger partial charge < -0.3 is 9.47 Å². The second-order valence-corrected chi connectivity index (χ2v) is 6.71. The Balaban J connectivity index is 1.98. The molecule has 5 heteroatoms. The van der Waals surface area contributed by atoms with Crippen molar-refractivity contribution >= 4 is 17.4 Å². The van der Waals surface area contributed by atoms with E-state index in [4.69, 9.17) is 14.5 Å². The number of nitrogens with zero attached hydrogens (tertiary/aromatic N) is 2. The third kappa shape index (κ3) is 2.91. The minimum absolute atomic E-state index is 0.739. The molecule has 0 saturated heterocycles. The maximum Gasteiger partial charge on any atom is 0.138 e. The van der Waals surface area contributed by atoms with Gasteiger partial charge in [-0.05, 0) is 36.4 Å². The molecule has 2 aromatic heterocycles. The lowest BCUT2D eigenvalue weighted by Crippen LogP contribution is -1.94. The predicted octanol–water partition coefficient (Wildman–Crippen LogP) is 5.17. The first-order chi connectivity index (χ1) is 12.8. The molecule has 0 saturated carbocycles. The normalized spacial score (nSPS) is 10.8. The van der Waals surface area contributed by atoms with Gasteiger partial charge in [-0.15, -0.1) is 0 Å². The number of pyridine rings is 1. The van der Waals surface area contributed by atoms with Crippen LogP contribution in [0.4, 0.5) is 0 Å². The Kier molecular flexibility index (Phi) is 4.54. The van der Waals surface area contributed by atoms with Crippen molar-refractivity contribution in [2.45, 2.75) is 9.92 Å². The van der Waals surface area contributed by atoms with Crippen LogP contribution < -0.4 is 9.47 Å². The highest BCUT2D eigenvalue weighted by Crippen LogP contribution is 2.44. The van der Waals surface area contributed by atoms with Crippen LogP contribution in [-0.4, -0.2) is 23.6 Å². The van der Waals surface area contributed by atoms with Gasteiger partial charge >= 0.3 is 0 Å². The number of hydrogen-bond acceptors (Lipinski definition) is 4. The molecule has 2 heterocycles. The molecule has 0 aliphatic rings. The molecule has 2 aromatic carbocycles. The molecule has 0 atom stereocenters. The Bertz CT molecular complexity index is 1020. The van der Waals surface area contributed by atoms with Crippen LogP contribution in [0, 0.1) is 0 Å². The van der Waals surface area contributed by atoms with Gasteiger partial charge in [0.05, 0.1) is 19.8 Å². The topological polar surface area (TPSA) is 35.8 Å². The molecule has 0 radical (unpaired) electrons. The average molecular weight is 362 g/mol. The third-order valence-electron chi connectivity index (χ3n) is 4.11. The zero-order chi connectivity index (χ0) is 17.9. The van der Waals surface area contributed by atoms with Crippen molar-refractivity contribution in [2.75, 3.05) is 14.2 Å². The third-order valence-corrected chi connectivity index (χ3v) is 5.20. The highest BCUT2D eigenvalue weighted by Gasteiger charge is 2.22. The van der Waals surface area contributed by atoms with Crippen LogP contribution in [0.5, 0.6) is 11.5 Å². The van der Waals surface area contributed by atoms with E-state index in [1.54, 1.807) is 26.0 Å². The molecule has 4 rings (SSSR count). The lowest BCUT2D eigenvalue weighted by Gasteiger charge is -2.13. The molecule has 0 N–H and O–H groups in total. The first-order valence-electron chi connectivity index (χ1n) is 8.23. The van der Waals surface area contributed by atoms with Crippen molar-refractivity contribution in [3.8, 4) is 22.8 Å². The van der Waals surface area contributed by atoms with Crippen LogP contribution in [0.25, 0.3) is 16.9 Å². The minimum Gasteiger partial charge on any atom is -0.496 e. The summed E-state index contributed by atoms with van der Waals surface area (Å²) in [6, 6.07) is 22.0. The van der Waals surface area contributed by atoms with Gasteiger partial charge in [0.25, 0.3) is 0 Å². The molecule has 0 unspecified atom stereocenters. The van der Waals surface area contributed by atoms with E-state index in [2.05, 4.69) is 16.5 Å². The fourth-order valence-electron chi connectivity index (χ4n) is 2.92. The van der Waals surface area contributed by atoms with Gasteiger partial charge in [0.1, 0.15) is 27.9 Å². The molecule has 26 heavy (non-hydrogen) atoms. The summed E-state index contributed by atoms with van der Waals surface area (Å²) < 4.78 is 13.3. The van der Waals surface area contributed by atoms with Crippen LogP contribution in [0.2, 0.25) is 0 Å². The lowest BCUT2D eigenvalue weighted by molar-refractivity contribution is 0.397. The number of hydrogen-bond donors (Lipinski definition) is 0. The van der Waals surface area contributed by atoms with Crippen molar-refractivity contribution in [3.63, 3.8) is 0 Å². The first kappa shape index (κ1) is 16.5. The predicted molar refractivity (Wildman–Crippen MR) is 104 cm³/mol. The van der Waals surface area contributed by atoms with Gasteiger partial charge in [-0.3, -0.25) is 4.40 Å². The van der Waals surface area contributed by atoms with Gasteiger partial charge in [0.2, 0.25) is 0 Å².